The van der Waals surface area contributed by atoms with E-state index in [1.54, 1.807) is 12.5 Å². The molecule has 2 atom stereocenters. The average Bonchev–Trinajstić information content (AvgIpc) is 3.09. The average molecular weight is 305 g/mol. The molecule has 2 unspecified atom stereocenters. The maximum atomic E-state index is 11.5. The van der Waals surface area contributed by atoms with Crippen molar-refractivity contribution in [3.63, 3.8) is 0 Å². The van der Waals surface area contributed by atoms with Gasteiger partial charge in [0, 0.05) is 30.2 Å². The molecular formula is C15H19N3O2S. The van der Waals surface area contributed by atoms with Gasteiger partial charge in [0.25, 0.3) is 0 Å². The Morgan fingerprint density at radius 1 is 1.33 bits per heavy atom. The smallest absolute Gasteiger partial charge is 0.151 e. The molecule has 0 radical (unpaired) electrons. The number of benzene rings is 1. The highest BCUT2D eigenvalue weighted by atomic mass is 32.2. The van der Waals surface area contributed by atoms with Crippen LogP contribution >= 0.6 is 0 Å². The van der Waals surface area contributed by atoms with Crippen molar-refractivity contribution in [2.75, 3.05) is 11.5 Å². The van der Waals surface area contributed by atoms with Crippen molar-refractivity contribution >= 4 is 9.84 Å². The van der Waals surface area contributed by atoms with Crippen LogP contribution in [0, 0.1) is 0 Å². The number of rotatable bonds is 4. The molecule has 1 aromatic carbocycles. The number of nitrogens with one attached hydrogen (secondary N) is 1. The summed E-state index contributed by atoms with van der Waals surface area (Å²) in [4.78, 5) is 4.03. The molecule has 0 amide bonds. The van der Waals surface area contributed by atoms with Crippen LogP contribution in [0.3, 0.4) is 0 Å². The molecule has 0 spiro atoms. The molecule has 112 valence electrons. The minimum absolute atomic E-state index is 0.0679. The van der Waals surface area contributed by atoms with Crippen LogP contribution in [0.5, 0.6) is 0 Å². The Morgan fingerprint density at radius 3 is 2.67 bits per heavy atom. The van der Waals surface area contributed by atoms with Gasteiger partial charge in [-0.3, -0.25) is 0 Å². The van der Waals surface area contributed by atoms with Crippen LogP contribution in [0.2, 0.25) is 0 Å². The van der Waals surface area contributed by atoms with Gasteiger partial charge in [-0.2, -0.15) is 0 Å². The minimum atomic E-state index is -2.83. The van der Waals surface area contributed by atoms with E-state index >= 15 is 0 Å². The highest BCUT2D eigenvalue weighted by Gasteiger charge is 2.28. The summed E-state index contributed by atoms with van der Waals surface area (Å²) in [6, 6.07) is 8.42. The molecule has 0 saturated carbocycles. The Labute approximate surface area is 124 Å². The molecule has 1 N–H and O–H groups in total. The topological polar surface area (TPSA) is 64.0 Å². The van der Waals surface area contributed by atoms with Crippen LogP contribution in [-0.2, 0) is 9.84 Å². The van der Waals surface area contributed by atoms with Gasteiger partial charge in [-0.05, 0) is 31.0 Å². The van der Waals surface area contributed by atoms with Crippen LogP contribution < -0.4 is 5.32 Å². The standard InChI is InChI=1S/C15H19N3O2S/c1-12(17-14-6-9-21(19,20)10-14)13-2-4-15(5-3-13)18-8-7-16-11-18/h2-5,7-8,11-12,14,17H,6,9-10H2,1H3. The first-order valence-electron chi connectivity index (χ1n) is 7.08. The van der Waals surface area contributed by atoms with Gasteiger partial charge in [-0.25, -0.2) is 13.4 Å². The number of nitrogens with zero attached hydrogens (tertiary/aromatic N) is 2. The number of aromatic nitrogens is 2. The third kappa shape index (κ3) is 3.33. The van der Waals surface area contributed by atoms with Gasteiger partial charge < -0.3 is 9.88 Å². The molecule has 1 aliphatic heterocycles. The fourth-order valence-corrected chi connectivity index (χ4v) is 4.41. The SMILES string of the molecule is CC(NC1CCS(=O)(=O)C1)c1ccc(-n2ccnc2)cc1. The van der Waals surface area contributed by atoms with Gasteiger partial charge in [0.15, 0.2) is 9.84 Å². The molecule has 2 heterocycles. The summed E-state index contributed by atoms with van der Waals surface area (Å²) in [5.74, 6) is 0.557. The van der Waals surface area contributed by atoms with Crippen LogP contribution in [0.25, 0.3) is 5.69 Å². The molecule has 1 aromatic heterocycles. The van der Waals surface area contributed by atoms with E-state index in [9.17, 15) is 8.42 Å². The second-order valence-corrected chi connectivity index (χ2v) is 7.78. The molecule has 2 aromatic rings. The molecular weight excluding hydrogens is 286 g/mol. The minimum Gasteiger partial charge on any atom is -0.306 e. The van der Waals surface area contributed by atoms with E-state index in [2.05, 4.69) is 29.4 Å². The fourth-order valence-electron chi connectivity index (χ4n) is 2.72. The molecule has 3 rings (SSSR count). The predicted octanol–water partition coefficient (Wildman–Crippen LogP) is 1.71. The summed E-state index contributed by atoms with van der Waals surface area (Å²) in [6.07, 6.45) is 6.12. The maximum absolute atomic E-state index is 11.5. The number of hydrogen-bond donors (Lipinski definition) is 1. The predicted molar refractivity (Wildman–Crippen MR) is 82.2 cm³/mol. The lowest BCUT2D eigenvalue weighted by atomic mass is 10.1. The Bertz CT molecular complexity index is 693. The second kappa shape index (κ2) is 5.61. The van der Waals surface area contributed by atoms with Crippen molar-refractivity contribution in [3.8, 4) is 5.69 Å². The molecule has 1 saturated heterocycles. The van der Waals surface area contributed by atoms with E-state index in [4.69, 9.17) is 0 Å². The first kappa shape index (κ1) is 14.3. The Kier molecular flexibility index (Phi) is 3.82. The lowest BCUT2D eigenvalue weighted by molar-refractivity contribution is 0.485. The van der Waals surface area contributed by atoms with Crippen molar-refractivity contribution in [1.29, 1.82) is 0 Å². The number of imidazole rings is 1. The third-order valence-electron chi connectivity index (χ3n) is 3.91. The molecule has 1 fully saturated rings. The summed E-state index contributed by atoms with van der Waals surface area (Å²) in [5, 5.41) is 3.41. The zero-order valence-corrected chi connectivity index (χ0v) is 12.8. The van der Waals surface area contributed by atoms with Gasteiger partial charge >= 0.3 is 0 Å². The van der Waals surface area contributed by atoms with Gasteiger partial charge in [0.05, 0.1) is 17.8 Å². The van der Waals surface area contributed by atoms with Gasteiger partial charge in [0.2, 0.25) is 0 Å². The van der Waals surface area contributed by atoms with Crippen molar-refractivity contribution in [2.45, 2.75) is 25.4 Å². The molecule has 0 aliphatic carbocycles. The summed E-state index contributed by atoms with van der Waals surface area (Å²) < 4.78 is 24.9. The van der Waals surface area contributed by atoms with Crippen LogP contribution in [0.4, 0.5) is 0 Å². The first-order chi connectivity index (χ1) is 10.0. The highest BCUT2D eigenvalue weighted by molar-refractivity contribution is 7.91. The van der Waals surface area contributed by atoms with E-state index in [0.717, 1.165) is 11.3 Å². The summed E-state index contributed by atoms with van der Waals surface area (Å²) in [5.41, 5.74) is 2.22. The van der Waals surface area contributed by atoms with Crippen LogP contribution in [0.1, 0.15) is 24.9 Å². The van der Waals surface area contributed by atoms with E-state index in [0.29, 0.717) is 12.2 Å². The molecule has 6 heteroatoms. The zero-order chi connectivity index (χ0) is 14.9. The number of sulfone groups is 1. The van der Waals surface area contributed by atoms with Gasteiger partial charge in [-0.15, -0.1) is 0 Å². The van der Waals surface area contributed by atoms with Crippen molar-refractivity contribution in [1.82, 2.24) is 14.9 Å². The quantitative estimate of drug-likeness (QED) is 0.934. The maximum Gasteiger partial charge on any atom is 0.151 e. The monoisotopic (exact) mass is 305 g/mol. The fraction of sp³-hybridized carbons (Fsp3) is 0.400. The van der Waals surface area contributed by atoms with Crippen molar-refractivity contribution < 1.29 is 8.42 Å². The van der Waals surface area contributed by atoms with Crippen LogP contribution in [0.15, 0.2) is 43.0 Å². The first-order valence-corrected chi connectivity index (χ1v) is 8.90. The van der Waals surface area contributed by atoms with Gasteiger partial charge in [0.1, 0.15) is 0 Å². The lowest BCUT2D eigenvalue weighted by Gasteiger charge is -2.19. The Balaban J connectivity index is 1.67. The lowest BCUT2D eigenvalue weighted by Crippen LogP contribution is -2.32. The van der Waals surface area contributed by atoms with Crippen LogP contribution in [-0.4, -0.2) is 35.5 Å². The van der Waals surface area contributed by atoms with Crippen molar-refractivity contribution in [3.05, 3.63) is 48.5 Å². The Morgan fingerprint density at radius 2 is 2.10 bits per heavy atom. The summed E-state index contributed by atoms with van der Waals surface area (Å²) in [6.45, 7) is 2.07. The molecule has 21 heavy (non-hydrogen) atoms. The zero-order valence-electron chi connectivity index (χ0n) is 11.9. The van der Waals surface area contributed by atoms with E-state index in [1.165, 1.54) is 0 Å². The van der Waals surface area contributed by atoms with E-state index < -0.39 is 9.84 Å². The highest BCUT2D eigenvalue weighted by Crippen LogP contribution is 2.19. The van der Waals surface area contributed by atoms with E-state index in [1.807, 2.05) is 22.9 Å². The van der Waals surface area contributed by atoms with Crippen molar-refractivity contribution in [2.24, 2.45) is 0 Å². The third-order valence-corrected chi connectivity index (χ3v) is 5.68. The Hall–Kier alpha value is -1.66. The normalized spacial score (nSPS) is 22.2. The largest absolute Gasteiger partial charge is 0.306 e. The summed E-state index contributed by atoms with van der Waals surface area (Å²) >= 11 is 0. The van der Waals surface area contributed by atoms with E-state index in [-0.39, 0.29) is 17.8 Å². The molecule has 0 bridgehead atoms. The number of hydrogen-bond acceptors (Lipinski definition) is 4. The van der Waals surface area contributed by atoms with Gasteiger partial charge in [-0.1, -0.05) is 12.1 Å². The molecule has 5 nitrogen and oxygen atoms in total. The molecule has 1 aliphatic rings. The second-order valence-electron chi connectivity index (χ2n) is 5.55. The summed E-state index contributed by atoms with van der Waals surface area (Å²) in [7, 11) is -2.83.